The van der Waals surface area contributed by atoms with Crippen LogP contribution in [0.1, 0.15) is 50.3 Å². The van der Waals surface area contributed by atoms with Gasteiger partial charge in [0.1, 0.15) is 0 Å². The van der Waals surface area contributed by atoms with Crippen molar-refractivity contribution >= 4 is 0 Å². The predicted molar refractivity (Wildman–Crippen MR) is 81.2 cm³/mol. The molecule has 18 heavy (non-hydrogen) atoms. The summed E-state index contributed by atoms with van der Waals surface area (Å²) in [5.41, 5.74) is 4.23. The molecule has 1 heteroatoms. The highest BCUT2D eigenvalue weighted by atomic mass is 14.9. The van der Waals surface area contributed by atoms with Crippen LogP contribution in [0.3, 0.4) is 0 Å². The first-order valence-corrected chi connectivity index (χ1v) is 7.37. The number of hydrogen-bond acceptors (Lipinski definition) is 1. The van der Waals surface area contributed by atoms with Crippen molar-refractivity contribution in [2.24, 2.45) is 5.92 Å². The van der Waals surface area contributed by atoms with E-state index >= 15 is 0 Å². The molecule has 1 aromatic carbocycles. The van der Waals surface area contributed by atoms with Crippen molar-refractivity contribution in [3.05, 3.63) is 34.9 Å². The SMILES string of the molecule is CCCNC(Cc1cc(C)cc(C)c1)C(C)CC. The van der Waals surface area contributed by atoms with E-state index in [0.29, 0.717) is 6.04 Å². The first-order valence-electron chi connectivity index (χ1n) is 7.37. The third kappa shape index (κ3) is 4.81. The van der Waals surface area contributed by atoms with Crippen LogP contribution in [0.2, 0.25) is 0 Å². The monoisotopic (exact) mass is 247 g/mol. The Hall–Kier alpha value is -0.820. The summed E-state index contributed by atoms with van der Waals surface area (Å²) in [4.78, 5) is 0. The van der Waals surface area contributed by atoms with Gasteiger partial charge in [-0.15, -0.1) is 0 Å². The third-order valence-corrected chi connectivity index (χ3v) is 3.72. The van der Waals surface area contributed by atoms with Crippen molar-refractivity contribution < 1.29 is 0 Å². The molecule has 1 rings (SSSR count). The fourth-order valence-corrected chi connectivity index (χ4v) is 2.53. The Morgan fingerprint density at radius 3 is 2.17 bits per heavy atom. The lowest BCUT2D eigenvalue weighted by atomic mass is 9.91. The lowest BCUT2D eigenvalue weighted by Crippen LogP contribution is -2.37. The van der Waals surface area contributed by atoms with Crippen molar-refractivity contribution in [3.8, 4) is 0 Å². The molecule has 2 unspecified atom stereocenters. The van der Waals surface area contributed by atoms with Crippen LogP contribution in [0.5, 0.6) is 0 Å². The normalized spacial score (nSPS) is 14.5. The lowest BCUT2D eigenvalue weighted by molar-refractivity contribution is 0.365. The number of nitrogens with one attached hydrogen (secondary N) is 1. The van der Waals surface area contributed by atoms with Crippen LogP contribution in [-0.4, -0.2) is 12.6 Å². The highest BCUT2D eigenvalue weighted by Crippen LogP contribution is 2.16. The van der Waals surface area contributed by atoms with Gasteiger partial charge in [0.15, 0.2) is 0 Å². The first kappa shape index (κ1) is 15.2. The maximum atomic E-state index is 3.71. The summed E-state index contributed by atoms with van der Waals surface area (Å²) in [7, 11) is 0. The van der Waals surface area contributed by atoms with Crippen LogP contribution in [0.25, 0.3) is 0 Å². The van der Waals surface area contributed by atoms with Gasteiger partial charge in [-0.05, 0) is 44.7 Å². The van der Waals surface area contributed by atoms with E-state index in [2.05, 4.69) is 58.1 Å². The Morgan fingerprint density at radius 1 is 1.06 bits per heavy atom. The fraction of sp³-hybridized carbons (Fsp3) is 0.647. The Morgan fingerprint density at radius 2 is 1.67 bits per heavy atom. The highest BCUT2D eigenvalue weighted by Gasteiger charge is 2.15. The molecule has 0 spiro atoms. The number of rotatable bonds is 7. The standard InChI is InChI=1S/C17H29N/c1-6-8-18-17(15(5)7-2)12-16-10-13(3)9-14(4)11-16/h9-11,15,17-18H,6-8,12H2,1-5H3. The fourth-order valence-electron chi connectivity index (χ4n) is 2.53. The molecule has 0 aliphatic rings. The van der Waals surface area contributed by atoms with Gasteiger partial charge in [-0.2, -0.15) is 0 Å². The van der Waals surface area contributed by atoms with Crippen LogP contribution in [0.4, 0.5) is 0 Å². The molecule has 0 saturated carbocycles. The average Bonchev–Trinajstić information content (AvgIpc) is 2.32. The Kier molecular flexibility index (Phi) is 6.42. The molecule has 0 aliphatic carbocycles. The summed E-state index contributed by atoms with van der Waals surface area (Å²) in [5.74, 6) is 0.734. The minimum atomic E-state index is 0.608. The van der Waals surface area contributed by atoms with Gasteiger partial charge in [0.2, 0.25) is 0 Å². The minimum Gasteiger partial charge on any atom is -0.313 e. The first-order chi connectivity index (χ1) is 8.56. The number of aryl methyl sites for hydroxylation is 2. The molecule has 1 N–H and O–H groups in total. The van der Waals surface area contributed by atoms with Crippen molar-refractivity contribution in [2.75, 3.05) is 6.54 Å². The molecule has 0 saturated heterocycles. The maximum absolute atomic E-state index is 3.71. The number of benzene rings is 1. The molecule has 102 valence electrons. The molecule has 0 radical (unpaired) electrons. The van der Waals surface area contributed by atoms with E-state index < -0.39 is 0 Å². The summed E-state index contributed by atoms with van der Waals surface area (Å²) in [6.45, 7) is 12.4. The quantitative estimate of drug-likeness (QED) is 0.759. The zero-order valence-electron chi connectivity index (χ0n) is 12.7. The molecular weight excluding hydrogens is 218 g/mol. The second kappa shape index (κ2) is 7.58. The van der Waals surface area contributed by atoms with Gasteiger partial charge >= 0.3 is 0 Å². The van der Waals surface area contributed by atoms with Gasteiger partial charge in [0.25, 0.3) is 0 Å². The molecule has 0 fully saturated rings. The third-order valence-electron chi connectivity index (χ3n) is 3.72. The second-order valence-corrected chi connectivity index (χ2v) is 5.65. The van der Waals surface area contributed by atoms with Crippen LogP contribution in [-0.2, 0) is 6.42 Å². The number of hydrogen-bond donors (Lipinski definition) is 1. The molecular formula is C17H29N. The molecule has 2 atom stereocenters. The van der Waals surface area contributed by atoms with E-state index in [4.69, 9.17) is 0 Å². The summed E-state index contributed by atoms with van der Waals surface area (Å²) in [5, 5.41) is 3.71. The smallest absolute Gasteiger partial charge is 0.0133 e. The molecule has 0 aliphatic heterocycles. The second-order valence-electron chi connectivity index (χ2n) is 5.65. The van der Waals surface area contributed by atoms with Crippen molar-refractivity contribution in [2.45, 2.75) is 59.9 Å². The zero-order chi connectivity index (χ0) is 13.5. The van der Waals surface area contributed by atoms with Gasteiger partial charge in [-0.3, -0.25) is 0 Å². The highest BCUT2D eigenvalue weighted by molar-refractivity contribution is 5.29. The van der Waals surface area contributed by atoms with E-state index in [1.165, 1.54) is 29.5 Å². The predicted octanol–water partition coefficient (Wildman–Crippen LogP) is 4.26. The van der Waals surface area contributed by atoms with Crippen molar-refractivity contribution in [1.29, 1.82) is 0 Å². The maximum Gasteiger partial charge on any atom is 0.0133 e. The zero-order valence-corrected chi connectivity index (χ0v) is 12.7. The average molecular weight is 247 g/mol. The van der Waals surface area contributed by atoms with E-state index in [1.54, 1.807) is 0 Å². The molecule has 1 aromatic rings. The van der Waals surface area contributed by atoms with Gasteiger partial charge in [-0.25, -0.2) is 0 Å². The van der Waals surface area contributed by atoms with E-state index in [0.717, 1.165) is 18.9 Å². The van der Waals surface area contributed by atoms with E-state index in [1.807, 2.05) is 0 Å². The summed E-state index contributed by atoms with van der Waals surface area (Å²) >= 11 is 0. The summed E-state index contributed by atoms with van der Waals surface area (Å²) < 4.78 is 0. The largest absolute Gasteiger partial charge is 0.313 e. The van der Waals surface area contributed by atoms with Gasteiger partial charge in [-0.1, -0.05) is 56.5 Å². The summed E-state index contributed by atoms with van der Waals surface area (Å²) in [6.07, 6.45) is 3.60. The topological polar surface area (TPSA) is 12.0 Å². The van der Waals surface area contributed by atoms with Crippen molar-refractivity contribution in [3.63, 3.8) is 0 Å². The minimum absolute atomic E-state index is 0.608. The molecule has 0 aromatic heterocycles. The van der Waals surface area contributed by atoms with E-state index in [9.17, 15) is 0 Å². The van der Waals surface area contributed by atoms with E-state index in [-0.39, 0.29) is 0 Å². The molecule has 1 nitrogen and oxygen atoms in total. The summed E-state index contributed by atoms with van der Waals surface area (Å²) in [6, 6.07) is 7.52. The van der Waals surface area contributed by atoms with Gasteiger partial charge < -0.3 is 5.32 Å². The molecule has 0 amide bonds. The van der Waals surface area contributed by atoms with Gasteiger partial charge in [0, 0.05) is 6.04 Å². The van der Waals surface area contributed by atoms with Crippen LogP contribution in [0.15, 0.2) is 18.2 Å². The Bertz CT molecular complexity index is 336. The van der Waals surface area contributed by atoms with Gasteiger partial charge in [0.05, 0.1) is 0 Å². The Balaban J connectivity index is 2.74. The van der Waals surface area contributed by atoms with Crippen molar-refractivity contribution in [1.82, 2.24) is 5.32 Å². The Labute approximate surface area is 113 Å². The van der Waals surface area contributed by atoms with Crippen LogP contribution < -0.4 is 5.32 Å². The molecule has 0 bridgehead atoms. The lowest BCUT2D eigenvalue weighted by Gasteiger charge is -2.25. The van der Waals surface area contributed by atoms with Crippen LogP contribution >= 0.6 is 0 Å². The molecule has 0 heterocycles. The van der Waals surface area contributed by atoms with Crippen LogP contribution in [0, 0.1) is 19.8 Å².